The summed E-state index contributed by atoms with van der Waals surface area (Å²) in [4.78, 5) is 2.52. The molecule has 0 aliphatic carbocycles. The van der Waals surface area contributed by atoms with Crippen LogP contribution >= 0.6 is 15.9 Å². The minimum Gasteiger partial charge on any atom is -0.381 e. The molecule has 1 saturated heterocycles. The Kier molecular flexibility index (Phi) is 4.38. The average molecular weight is 331 g/mol. The van der Waals surface area contributed by atoms with Crippen molar-refractivity contribution in [1.82, 2.24) is 4.90 Å². The first-order valence-corrected chi connectivity index (χ1v) is 7.87. The highest BCUT2D eigenvalue weighted by Gasteiger charge is 2.22. The topological polar surface area (TPSA) is 15.3 Å². The lowest BCUT2D eigenvalue weighted by molar-refractivity contribution is 0.328. The number of nitrogens with one attached hydrogen (secondary N) is 1. The fraction of sp³-hybridized carbons (Fsp3) is 0.294. The van der Waals surface area contributed by atoms with Crippen LogP contribution in [0.4, 0.5) is 5.69 Å². The molecule has 3 heteroatoms. The lowest BCUT2D eigenvalue weighted by Gasteiger charge is -2.17. The van der Waals surface area contributed by atoms with Crippen LogP contribution in [0.2, 0.25) is 0 Å². The zero-order valence-electron chi connectivity index (χ0n) is 11.4. The number of hydrogen-bond donors (Lipinski definition) is 1. The Labute approximate surface area is 128 Å². The van der Waals surface area contributed by atoms with Crippen LogP contribution in [-0.2, 0) is 6.54 Å². The van der Waals surface area contributed by atoms with Gasteiger partial charge in [0.05, 0.1) is 0 Å². The molecule has 1 aliphatic rings. The second-order valence-electron chi connectivity index (χ2n) is 5.36. The van der Waals surface area contributed by atoms with Crippen LogP contribution in [-0.4, -0.2) is 24.0 Å². The molecule has 1 N–H and O–H groups in total. The maximum Gasteiger partial charge on any atom is 0.0400 e. The molecule has 2 aromatic carbocycles. The lowest BCUT2D eigenvalue weighted by Crippen LogP contribution is -2.25. The van der Waals surface area contributed by atoms with Crippen molar-refractivity contribution in [2.45, 2.75) is 19.0 Å². The summed E-state index contributed by atoms with van der Waals surface area (Å²) in [5.74, 6) is 0. The van der Waals surface area contributed by atoms with E-state index in [0.717, 1.165) is 17.6 Å². The highest BCUT2D eigenvalue weighted by atomic mass is 79.9. The van der Waals surface area contributed by atoms with Crippen molar-refractivity contribution in [3.05, 3.63) is 64.6 Å². The minimum atomic E-state index is 0.555. The molecule has 0 saturated carbocycles. The molecule has 0 aromatic heterocycles. The van der Waals surface area contributed by atoms with E-state index in [2.05, 4.69) is 80.7 Å². The van der Waals surface area contributed by atoms with Gasteiger partial charge in [-0.15, -0.1) is 0 Å². The van der Waals surface area contributed by atoms with E-state index in [1.54, 1.807) is 0 Å². The predicted molar refractivity (Wildman–Crippen MR) is 87.9 cm³/mol. The first kappa shape index (κ1) is 13.7. The molecule has 1 aliphatic heterocycles. The Morgan fingerprint density at radius 1 is 1.05 bits per heavy atom. The van der Waals surface area contributed by atoms with Crippen LogP contribution in [0.3, 0.4) is 0 Å². The zero-order valence-corrected chi connectivity index (χ0v) is 13.0. The number of likely N-dealkylation sites (tertiary alicyclic amines) is 1. The van der Waals surface area contributed by atoms with Crippen molar-refractivity contribution in [3.63, 3.8) is 0 Å². The Morgan fingerprint density at radius 2 is 1.80 bits per heavy atom. The Balaban J connectivity index is 1.53. The van der Waals surface area contributed by atoms with Gasteiger partial charge in [0.1, 0.15) is 0 Å². The van der Waals surface area contributed by atoms with Gasteiger partial charge in [0, 0.05) is 35.8 Å². The van der Waals surface area contributed by atoms with E-state index in [1.807, 2.05) is 0 Å². The highest BCUT2D eigenvalue weighted by molar-refractivity contribution is 9.10. The molecule has 104 valence electrons. The lowest BCUT2D eigenvalue weighted by atomic mass is 10.2. The van der Waals surface area contributed by atoms with E-state index in [4.69, 9.17) is 0 Å². The van der Waals surface area contributed by atoms with Gasteiger partial charge in [0.25, 0.3) is 0 Å². The van der Waals surface area contributed by atoms with E-state index >= 15 is 0 Å². The van der Waals surface area contributed by atoms with Crippen molar-refractivity contribution in [2.24, 2.45) is 0 Å². The number of hydrogen-bond acceptors (Lipinski definition) is 2. The van der Waals surface area contributed by atoms with Gasteiger partial charge in [-0.2, -0.15) is 0 Å². The maximum absolute atomic E-state index is 3.62. The van der Waals surface area contributed by atoms with Crippen LogP contribution in [0.1, 0.15) is 12.0 Å². The molecule has 1 heterocycles. The first-order chi connectivity index (χ1) is 9.79. The van der Waals surface area contributed by atoms with Crippen LogP contribution in [0.5, 0.6) is 0 Å². The second-order valence-corrected chi connectivity index (χ2v) is 6.27. The Morgan fingerprint density at radius 3 is 2.55 bits per heavy atom. The van der Waals surface area contributed by atoms with Gasteiger partial charge >= 0.3 is 0 Å². The molecule has 0 amide bonds. The summed E-state index contributed by atoms with van der Waals surface area (Å²) in [5.41, 5.74) is 2.61. The molecule has 0 radical (unpaired) electrons. The van der Waals surface area contributed by atoms with E-state index in [9.17, 15) is 0 Å². The van der Waals surface area contributed by atoms with E-state index in [-0.39, 0.29) is 0 Å². The van der Waals surface area contributed by atoms with Crippen LogP contribution < -0.4 is 5.32 Å². The molecule has 1 unspecified atom stereocenters. The van der Waals surface area contributed by atoms with Gasteiger partial charge in [-0.1, -0.05) is 46.3 Å². The first-order valence-electron chi connectivity index (χ1n) is 7.08. The van der Waals surface area contributed by atoms with E-state index in [0.29, 0.717) is 6.04 Å². The molecular formula is C17H19BrN2. The van der Waals surface area contributed by atoms with E-state index < -0.39 is 0 Å². The van der Waals surface area contributed by atoms with Crippen LogP contribution in [0.15, 0.2) is 59.1 Å². The summed E-state index contributed by atoms with van der Waals surface area (Å²) in [5, 5.41) is 3.62. The van der Waals surface area contributed by atoms with Crippen molar-refractivity contribution in [1.29, 1.82) is 0 Å². The molecule has 2 nitrogen and oxygen atoms in total. The standard InChI is InChI=1S/C17H19BrN2/c18-15-6-8-16(9-7-15)19-17-10-11-20(13-17)12-14-4-2-1-3-5-14/h1-9,17,19H,10-13H2. The molecule has 2 aromatic rings. The molecule has 0 bridgehead atoms. The number of benzene rings is 2. The van der Waals surface area contributed by atoms with Crippen LogP contribution in [0, 0.1) is 0 Å². The third-order valence-corrected chi connectivity index (χ3v) is 4.27. The third-order valence-electron chi connectivity index (χ3n) is 3.74. The smallest absolute Gasteiger partial charge is 0.0400 e. The number of rotatable bonds is 4. The summed E-state index contributed by atoms with van der Waals surface area (Å²) in [6.45, 7) is 3.34. The summed E-state index contributed by atoms with van der Waals surface area (Å²) >= 11 is 3.47. The normalized spacial score (nSPS) is 19.1. The molecule has 0 spiro atoms. The number of anilines is 1. The quantitative estimate of drug-likeness (QED) is 0.906. The monoisotopic (exact) mass is 330 g/mol. The summed E-state index contributed by atoms with van der Waals surface area (Å²) in [6.07, 6.45) is 1.21. The fourth-order valence-corrected chi connectivity index (χ4v) is 2.98. The maximum atomic E-state index is 3.62. The second kappa shape index (κ2) is 6.42. The highest BCUT2D eigenvalue weighted by Crippen LogP contribution is 2.19. The van der Waals surface area contributed by atoms with Gasteiger partial charge in [-0.05, 0) is 36.2 Å². The molecule has 3 rings (SSSR count). The molecular weight excluding hydrogens is 312 g/mol. The molecule has 20 heavy (non-hydrogen) atoms. The third kappa shape index (κ3) is 3.62. The fourth-order valence-electron chi connectivity index (χ4n) is 2.72. The van der Waals surface area contributed by atoms with Crippen LogP contribution in [0.25, 0.3) is 0 Å². The minimum absolute atomic E-state index is 0.555. The summed E-state index contributed by atoms with van der Waals surface area (Å²) < 4.78 is 1.13. The van der Waals surface area contributed by atoms with Crippen molar-refractivity contribution >= 4 is 21.6 Å². The van der Waals surface area contributed by atoms with Gasteiger partial charge < -0.3 is 5.32 Å². The van der Waals surface area contributed by atoms with Crippen molar-refractivity contribution in [3.8, 4) is 0 Å². The summed E-state index contributed by atoms with van der Waals surface area (Å²) in [7, 11) is 0. The predicted octanol–water partition coefficient (Wildman–Crippen LogP) is 4.14. The number of nitrogens with zero attached hydrogens (tertiary/aromatic N) is 1. The van der Waals surface area contributed by atoms with Gasteiger partial charge in [-0.25, -0.2) is 0 Å². The largest absolute Gasteiger partial charge is 0.381 e. The van der Waals surface area contributed by atoms with Crippen molar-refractivity contribution in [2.75, 3.05) is 18.4 Å². The van der Waals surface area contributed by atoms with Gasteiger partial charge in [0.2, 0.25) is 0 Å². The zero-order chi connectivity index (χ0) is 13.8. The number of halogens is 1. The summed E-state index contributed by atoms with van der Waals surface area (Å²) in [6, 6.07) is 19.7. The Hall–Kier alpha value is -1.32. The van der Waals surface area contributed by atoms with Gasteiger partial charge in [0.15, 0.2) is 0 Å². The van der Waals surface area contributed by atoms with Crippen molar-refractivity contribution < 1.29 is 0 Å². The molecule has 1 fully saturated rings. The molecule has 1 atom stereocenters. The SMILES string of the molecule is Brc1ccc(NC2CCN(Cc3ccccc3)C2)cc1. The van der Waals surface area contributed by atoms with Gasteiger partial charge in [-0.3, -0.25) is 4.90 Å². The average Bonchev–Trinajstić information content (AvgIpc) is 2.90. The van der Waals surface area contributed by atoms with E-state index in [1.165, 1.54) is 24.2 Å². The Bertz CT molecular complexity index is 539.